The maximum absolute atomic E-state index is 11.1. The van der Waals surface area contributed by atoms with Gasteiger partial charge in [0.15, 0.2) is 17.8 Å². The highest BCUT2D eigenvalue weighted by atomic mass is 79.9. The minimum absolute atomic E-state index is 0.0596. The maximum atomic E-state index is 11.1. The number of ether oxygens (including phenoxy) is 2. The molecule has 0 bridgehead atoms. The van der Waals surface area contributed by atoms with Crippen molar-refractivity contribution in [3.05, 3.63) is 21.7 Å². The Morgan fingerprint density at radius 1 is 1.45 bits per heavy atom. The largest absolute Gasteiger partial charge is 0.481 e. The van der Waals surface area contributed by atoms with Gasteiger partial charge >= 0.3 is 5.97 Å². The Hall–Kier alpha value is -1.56. The van der Waals surface area contributed by atoms with Crippen molar-refractivity contribution in [1.29, 1.82) is 0 Å². The third kappa shape index (κ3) is 2.28. The third-order valence-electron chi connectivity index (χ3n) is 3.76. The van der Waals surface area contributed by atoms with E-state index in [1.807, 2.05) is 0 Å². The standard InChI is InChI=1S/C14H13BrO5/c15-11-3-9(8(4-12(17)18)7-1-2-7)13-14(10(11)5-16)20-6-19-13/h3,5,7-8H,1-2,4,6H2,(H,17,18). The van der Waals surface area contributed by atoms with Crippen LogP contribution in [-0.4, -0.2) is 24.2 Å². The predicted octanol–water partition coefficient (Wildman–Crippen LogP) is 2.96. The molecule has 106 valence electrons. The SMILES string of the molecule is O=Cc1c(Br)cc(C(CC(=O)O)C2CC2)c2c1OCO2. The lowest BCUT2D eigenvalue weighted by Crippen LogP contribution is -2.09. The molecule has 1 aromatic rings. The number of aldehydes is 1. The lowest BCUT2D eigenvalue weighted by molar-refractivity contribution is -0.137. The zero-order valence-corrected chi connectivity index (χ0v) is 12.2. The fourth-order valence-electron chi connectivity index (χ4n) is 2.68. The Kier molecular flexibility index (Phi) is 3.41. The summed E-state index contributed by atoms with van der Waals surface area (Å²) in [5.41, 5.74) is 1.23. The maximum Gasteiger partial charge on any atom is 0.303 e. The summed E-state index contributed by atoms with van der Waals surface area (Å²) in [6.07, 6.45) is 2.83. The number of benzene rings is 1. The first-order valence-electron chi connectivity index (χ1n) is 6.40. The number of fused-ring (bicyclic) bond motifs is 1. The zero-order chi connectivity index (χ0) is 14.3. The molecule has 1 atom stereocenters. The first-order valence-corrected chi connectivity index (χ1v) is 7.20. The van der Waals surface area contributed by atoms with Crippen LogP contribution in [0.4, 0.5) is 0 Å². The molecule has 1 heterocycles. The number of hydrogen-bond donors (Lipinski definition) is 1. The van der Waals surface area contributed by atoms with Crippen molar-refractivity contribution in [3.8, 4) is 11.5 Å². The quantitative estimate of drug-likeness (QED) is 0.834. The smallest absolute Gasteiger partial charge is 0.303 e. The van der Waals surface area contributed by atoms with Crippen LogP contribution >= 0.6 is 15.9 Å². The Balaban J connectivity index is 2.08. The molecule has 1 aliphatic carbocycles. The van der Waals surface area contributed by atoms with Crippen molar-refractivity contribution in [1.82, 2.24) is 0 Å². The van der Waals surface area contributed by atoms with E-state index in [9.17, 15) is 9.59 Å². The molecule has 0 saturated heterocycles. The van der Waals surface area contributed by atoms with Crippen LogP contribution in [-0.2, 0) is 4.79 Å². The summed E-state index contributed by atoms with van der Waals surface area (Å²) in [6.45, 7) is 0.0596. The molecule has 6 heteroatoms. The average Bonchev–Trinajstić information content (AvgIpc) is 3.13. The van der Waals surface area contributed by atoms with Crippen LogP contribution in [0.1, 0.15) is 41.1 Å². The summed E-state index contributed by atoms with van der Waals surface area (Å²) in [7, 11) is 0. The lowest BCUT2D eigenvalue weighted by Gasteiger charge is -2.18. The number of halogens is 1. The topological polar surface area (TPSA) is 72.8 Å². The highest BCUT2D eigenvalue weighted by Gasteiger charge is 2.38. The van der Waals surface area contributed by atoms with Gasteiger partial charge in [-0.25, -0.2) is 0 Å². The minimum Gasteiger partial charge on any atom is -0.481 e. The van der Waals surface area contributed by atoms with E-state index in [2.05, 4.69) is 15.9 Å². The minimum atomic E-state index is -0.829. The molecule has 0 amide bonds. The summed E-state index contributed by atoms with van der Waals surface area (Å²) in [5.74, 6) is 0.382. The van der Waals surface area contributed by atoms with E-state index in [0.29, 0.717) is 33.7 Å². The molecular formula is C14H13BrO5. The van der Waals surface area contributed by atoms with Gasteiger partial charge in [0.25, 0.3) is 0 Å². The molecule has 0 aromatic heterocycles. The molecule has 20 heavy (non-hydrogen) atoms. The number of aliphatic carboxylic acids is 1. The normalized spacial score (nSPS) is 17.9. The Labute approximate surface area is 124 Å². The molecule has 1 fully saturated rings. The van der Waals surface area contributed by atoms with Gasteiger partial charge in [-0.2, -0.15) is 0 Å². The molecular weight excluding hydrogens is 328 g/mol. The van der Waals surface area contributed by atoms with E-state index >= 15 is 0 Å². The van der Waals surface area contributed by atoms with Crippen LogP contribution in [0, 0.1) is 5.92 Å². The summed E-state index contributed by atoms with van der Waals surface area (Å²) in [4.78, 5) is 22.2. The molecule has 5 nitrogen and oxygen atoms in total. The van der Waals surface area contributed by atoms with Crippen LogP contribution in [0.2, 0.25) is 0 Å². The number of carbonyl (C=O) groups excluding carboxylic acids is 1. The van der Waals surface area contributed by atoms with E-state index in [1.54, 1.807) is 6.07 Å². The Morgan fingerprint density at radius 2 is 2.15 bits per heavy atom. The van der Waals surface area contributed by atoms with Crippen LogP contribution in [0.15, 0.2) is 10.5 Å². The molecule has 1 N–H and O–H groups in total. The van der Waals surface area contributed by atoms with E-state index < -0.39 is 5.97 Å². The van der Waals surface area contributed by atoms with Gasteiger partial charge in [0, 0.05) is 16.0 Å². The highest BCUT2D eigenvalue weighted by molar-refractivity contribution is 9.10. The third-order valence-corrected chi connectivity index (χ3v) is 4.42. The molecule has 1 aliphatic heterocycles. The number of carboxylic acid groups (broad SMARTS) is 1. The van der Waals surface area contributed by atoms with E-state index in [4.69, 9.17) is 14.6 Å². The van der Waals surface area contributed by atoms with Gasteiger partial charge in [-0.05, 0) is 40.8 Å². The fourth-order valence-corrected chi connectivity index (χ4v) is 3.20. The fraction of sp³-hybridized carbons (Fsp3) is 0.429. The molecule has 1 aromatic carbocycles. The summed E-state index contributed by atoms with van der Waals surface area (Å²) < 4.78 is 11.5. The van der Waals surface area contributed by atoms with Crippen molar-refractivity contribution in [2.24, 2.45) is 5.92 Å². The van der Waals surface area contributed by atoms with Gasteiger partial charge in [-0.15, -0.1) is 0 Å². The van der Waals surface area contributed by atoms with Gasteiger partial charge in [0.05, 0.1) is 12.0 Å². The van der Waals surface area contributed by atoms with Crippen molar-refractivity contribution in [2.75, 3.05) is 6.79 Å². The molecule has 1 unspecified atom stereocenters. The molecule has 0 radical (unpaired) electrons. The van der Waals surface area contributed by atoms with Gasteiger partial charge in [-0.1, -0.05) is 0 Å². The average molecular weight is 341 g/mol. The van der Waals surface area contributed by atoms with Gasteiger partial charge < -0.3 is 14.6 Å². The van der Waals surface area contributed by atoms with Gasteiger partial charge in [0.1, 0.15) is 0 Å². The number of rotatable bonds is 5. The van der Waals surface area contributed by atoms with Gasteiger partial charge in [-0.3, -0.25) is 9.59 Å². The summed E-state index contributed by atoms with van der Waals surface area (Å²) >= 11 is 3.35. The highest BCUT2D eigenvalue weighted by Crippen LogP contribution is 2.52. The lowest BCUT2D eigenvalue weighted by atomic mass is 9.89. The first kappa shape index (κ1) is 13.4. The monoisotopic (exact) mass is 340 g/mol. The first-order chi connectivity index (χ1) is 9.61. The number of hydrogen-bond acceptors (Lipinski definition) is 4. The van der Waals surface area contributed by atoms with Crippen molar-refractivity contribution < 1.29 is 24.2 Å². The second-order valence-corrected chi connectivity index (χ2v) is 5.94. The zero-order valence-electron chi connectivity index (χ0n) is 10.6. The van der Waals surface area contributed by atoms with E-state index in [-0.39, 0.29) is 19.1 Å². The van der Waals surface area contributed by atoms with Gasteiger partial charge in [0.2, 0.25) is 6.79 Å². The van der Waals surface area contributed by atoms with Crippen molar-refractivity contribution in [2.45, 2.75) is 25.2 Å². The van der Waals surface area contributed by atoms with Crippen LogP contribution in [0.3, 0.4) is 0 Å². The molecule has 0 spiro atoms. The van der Waals surface area contributed by atoms with Crippen LogP contribution < -0.4 is 9.47 Å². The second kappa shape index (κ2) is 5.09. The summed E-state index contributed by atoms with van der Waals surface area (Å²) in [6, 6.07) is 1.79. The Bertz CT molecular complexity index is 579. The number of carbonyl (C=O) groups is 2. The number of carboxylic acids is 1. The predicted molar refractivity (Wildman–Crippen MR) is 73.4 cm³/mol. The molecule has 3 rings (SSSR count). The summed E-state index contributed by atoms with van der Waals surface area (Å²) in [5, 5.41) is 9.10. The van der Waals surface area contributed by atoms with Crippen LogP contribution in [0.5, 0.6) is 11.5 Å². The van der Waals surface area contributed by atoms with Crippen molar-refractivity contribution in [3.63, 3.8) is 0 Å². The van der Waals surface area contributed by atoms with Crippen LogP contribution in [0.25, 0.3) is 0 Å². The van der Waals surface area contributed by atoms with E-state index in [0.717, 1.165) is 18.4 Å². The molecule has 1 saturated carbocycles. The van der Waals surface area contributed by atoms with E-state index in [1.165, 1.54) is 0 Å². The van der Waals surface area contributed by atoms with Crippen molar-refractivity contribution >= 4 is 28.2 Å². The molecule has 2 aliphatic rings. The second-order valence-electron chi connectivity index (χ2n) is 5.09. The Morgan fingerprint density at radius 3 is 2.75 bits per heavy atom.